The summed E-state index contributed by atoms with van der Waals surface area (Å²) in [5.74, 6) is 0.200. The summed E-state index contributed by atoms with van der Waals surface area (Å²) in [6.07, 6.45) is 3.81. The summed E-state index contributed by atoms with van der Waals surface area (Å²) in [5, 5.41) is 9.01. The van der Waals surface area contributed by atoms with Crippen molar-refractivity contribution in [3.05, 3.63) is 17.8 Å². The van der Waals surface area contributed by atoms with Crippen molar-refractivity contribution in [2.75, 3.05) is 23.7 Å². The molecule has 1 saturated heterocycles. The predicted molar refractivity (Wildman–Crippen MR) is 66.2 cm³/mol. The van der Waals surface area contributed by atoms with E-state index >= 15 is 0 Å². The van der Waals surface area contributed by atoms with Gasteiger partial charge in [0.05, 0.1) is 11.3 Å². The zero-order valence-electron chi connectivity index (χ0n) is 9.89. The van der Waals surface area contributed by atoms with Crippen molar-refractivity contribution in [1.82, 2.24) is 4.98 Å². The number of carbonyl (C=O) groups is 1. The molecule has 1 unspecified atom stereocenters. The van der Waals surface area contributed by atoms with Gasteiger partial charge in [-0.05, 0) is 24.8 Å². The minimum atomic E-state index is -1.00. The van der Waals surface area contributed by atoms with Gasteiger partial charge >= 0.3 is 5.97 Å². The second-order valence-electron chi connectivity index (χ2n) is 4.59. The fraction of sp³-hybridized carbons (Fsp3) is 0.500. The van der Waals surface area contributed by atoms with Crippen molar-refractivity contribution in [2.45, 2.75) is 19.8 Å². The van der Waals surface area contributed by atoms with E-state index in [1.165, 1.54) is 18.7 Å². The fourth-order valence-electron chi connectivity index (χ4n) is 2.28. The minimum absolute atomic E-state index is 0.133. The second-order valence-corrected chi connectivity index (χ2v) is 4.59. The number of nitrogens with two attached hydrogens (primary N) is 1. The Hall–Kier alpha value is -1.78. The maximum Gasteiger partial charge on any atom is 0.337 e. The highest BCUT2D eigenvalue weighted by atomic mass is 16.4. The van der Waals surface area contributed by atoms with Crippen LogP contribution in [0.4, 0.5) is 11.5 Å². The molecular weight excluding hydrogens is 218 g/mol. The Morgan fingerprint density at radius 3 is 3.06 bits per heavy atom. The summed E-state index contributed by atoms with van der Waals surface area (Å²) in [6.45, 7) is 3.97. The molecule has 17 heavy (non-hydrogen) atoms. The van der Waals surface area contributed by atoms with E-state index in [4.69, 9.17) is 10.8 Å². The molecule has 0 spiro atoms. The average molecular weight is 235 g/mol. The van der Waals surface area contributed by atoms with Crippen molar-refractivity contribution >= 4 is 17.5 Å². The number of pyridine rings is 1. The molecule has 0 bridgehead atoms. The number of hydrogen-bond donors (Lipinski definition) is 2. The summed E-state index contributed by atoms with van der Waals surface area (Å²) >= 11 is 0. The van der Waals surface area contributed by atoms with Crippen LogP contribution in [0.2, 0.25) is 0 Å². The van der Waals surface area contributed by atoms with Crippen LogP contribution >= 0.6 is 0 Å². The number of hydrogen-bond acceptors (Lipinski definition) is 4. The monoisotopic (exact) mass is 235 g/mol. The van der Waals surface area contributed by atoms with Crippen molar-refractivity contribution in [3.8, 4) is 0 Å². The van der Waals surface area contributed by atoms with Crippen molar-refractivity contribution in [2.24, 2.45) is 5.92 Å². The Balaban J connectivity index is 2.32. The lowest BCUT2D eigenvalue weighted by molar-refractivity contribution is 0.0698. The number of carboxylic acid groups (broad SMARTS) is 1. The number of nitrogens with zero attached hydrogens (tertiary/aromatic N) is 2. The van der Waals surface area contributed by atoms with E-state index in [0.717, 1.165) is 19.5 Å². The Labute approximate surface area is 100 Å². The summed E-state index contributed by atoms with van der Waals surface area (Å²) in [5.41, 5.74) is 6.28. The molecule has 1 fully saturated rings. The normalized spacial score (nSPS) is 20.3. The number of aromatic nitrogens is 1. The topological polar surface area (TPSA) is 79.5 Å². The van der Waals surface area contributed by atoms with Crippen LogP contribution in [0.15, 0.2) is 12.3 Å². The van der Waals surface area contributed by atoms with Crippen molar-refractivity contribution < 1.29 is 9.90 Å². The van der Waals surface area contributed by atoms with E-state index < -0.39 is 5.97 Å². The standard InChI is InChI=1S/C12H17N3O2/c1-8-3-2-6-15(7-8)11-10(13)9(12(16)17)4-5-14-11/h4-5,8H,2-3,6-7,13H2,1H3,(H,16,17). The van der Waals surface area contributed by atoms with E-state index in [1.54, 1.807) is 0 Å². The largest absolute Gasteiger partial charge is 0.478 e. The zero-order chi connectivity index (χ0) is 12.4. The van der Waals surface area contributed by atoms with Gasteiger partial charge in [-0.3, -0.25) is 0 Å². The zero-order valence-corrected chi connectivity index (χ0v) is 9.89. The Morgan fingerprint density at radius 1 is 1.65 bits per heavy atom. The van der Waals surface area contributed by atoms with Crippen LogP contribution < -0.4 is 10.6 Å². The molecule has 1 aromatic heterocycles. The van der Waals surface area contributed by atoms with Gasteiger partial charge in [-0.25, -0.2) is 9.78 Å². The molecule has 0 aromatic carbocycles. The molecule has 1 atom stereocenters. The third kappa shape index (κ3) is 2.33. The van der Waals surface area contributed by atoms with Gasteiger partial charge in [0.25, 0.3) is 0 Å². The molecule has 1 aliphatic heterocycles. The molecule has 2 heterocycles. The summed E-state index contributed by atoms with van der Waals surface area (Å²) in [4.78, 5) is 17.3. The average Bonchev–Trinajstić information content (AvgIpc) is 2.29. The predicted octanol–water partition coefficient (Wildman–Crippen LogP) is 1.60. The molecule has 1 aromatic rings. The second kappa shape index (κ2) is 4.61. The molecule has 0 amide bonds. The molecular formula is C12H17N3O2. The third-order valence-corrected chi connectivity index (χ3v) is 3.16. The number of anilines is 2. The lowest BCUT2D eigenvalue weighted by atomic mass is 10.00. The first-order chi connectivity index (χ1) is 8.09. The molecule has 0 saturated carbocycles. The third-order valence-electron chi connectivity index (χ3n) is 3.16. The first-order valence-corrected chi connectivity index (χ1v) is 5.82. The highest BCUT2D eigenvalue weighted by Gasteiger charge is 2.21. The first-order valence-electron chi connectivity index (χ1n) is 5.82. The smallest absolute Gasteiger partial charge is 0.337 e. The van der Waals surface area contributed by atoms with Crippen molar-refractivity contribution in [3.63, 3.8) is 0 Å². The van der Waals surface area contributed by atoms with Crippen LogP contribution in [-0.2, 0) is 0 Å². The number of rotatable bonds is 2. The quantitative estimate of drug-likeness (QED) is 0.813. The van der Waals surface area contributed by atoms with E-state index in [1.807, 2.05) is 0 Å². The van der Waals surface area contributed by atoms with Crippen LogP contribution in [-0.4, -0.2) is 29.1 Å². The fourth-order valence-corrected chi connectivity index (χ4v) is 2.28. The first kappa shape index (κ1) is 11.7. The SMILES string of the molecule is CC1CCCN(c2nccc(C(=O)O)c2N)C1. The Bertz CT molecular complexity index is 434. The van der Waals surface area contributed by atoms with Gasteiger partial charge in [-0.2, -0.15) is 0 Å². The Morgan fingerprint density at radius 2 is 2.41 bits per heavy atom. The molecule has 0 aliphatic carbocycles. The van der Waals surface area contributed by atoms with Gasteiger partial charge in [-0.1, -0.05) is 6.92 Å². The number of nitrogen functional groups attached to an aromatic ring is 1. The highest BCUT2D eigenvalue weighted by molar-refractivity contribution is 5.96. The maximum atomic E-state index is 11.0. The lowest BCUT2D eigenvalue weighted by Gasteiger charge is -2.32. The number of aromatic carboxylic acids is 1. The Kier molecular flexibility index (Phi) is 3.17. The van der Waals surface area contributed by atoms with Gasteiger partial charge in [0, 0.05) is 19.3 Å². The molecule has 3 N–H and O–H groups in total. The summed E-state index contributed by atoms with van der Waals surface area (Å²) in [7, 11) is 0. The maximum absolute atomic E-state index is 11.0. The summed E-state index contributed by atoms with van der Waals surface area (Å²) < 4.78 is 0. The van der Waals surface area contributed by atoms with Gasteiger partial charge < -0.3 is 15.7 Å². The van der Waals surface area contributed by atoms with E-state index in [2.05, 4.69) is 16.8 Å². The molecule has 2 rings (SSSR count). The van der Waals surface area contributed by atoms with Gasteiger partial charge in [0.15, 0.2) is 5.82 Å². The van der Waals surface area contributed by atoms with Crippen LogP contribution in [0, 0.1) is 5.92 Å². The summed E-state index contributed by atoms with van der Waals surface area (Å²) in [6, 6.07) is 1.44. The molecule has 0 radical (unpaired) electrons. The van der Waals surface area contributed by atoms with E-state index in [9.17, 15) is 4.79 Å². The van der Waals surface area contributed by atoms with Crippen LogP contribution in [0.25, 0.3) is 0 Å². The van der Waals surface area contributed by atoms with Crippen LogP contribution in [0.5, 0.6) is 0 Å². The van der Waals surface area contributed by atoms with Crippen molar-refractivity contribution in [1.29, 1.82) is 0 Å². The number of carboxylic acids is 1. The molecule has 1 aliphatic rings. The minimum Gasteiger partial charge on any atom is -0.478 e. The van der Waals surface area contributed by atoms with Gasteiger partial charge in [-0.15, -0.1) is 0 Å². The van der Waals surface area contributed by atoms with E-state index in [0.29, 0.717) is 11.7 Å². The lowest BCUT2D eigenvalue weighted by Crippen LogP contribution is -2.35. The van der Waals surface area contributed by atoms with Crippen LogP contribution in [0.3, 0.4) is 0 Å². The number of piperidine rings is 1. The van der Waals surface area contributed by atoms with Gasteiger partial charge in [0.2, 0.25) is 0 Å². The van der Waals surface area contributed by atoms with Gasteiger partial charge in [0.1, 0.15) is 0 Å². The van der Waals surface area contributed by atoms with E-state index in [-0.39, 0.29) is 11.3 Å². The molecule has 92 valence electrons. The highest BCUT2D eigenvalue weighted by Crippen LogP contribution is 2.28. The van der Waals surface area contributed by atoms with Crippen LogP contribution in [0.1, 0.15) is 30.1 Å². The molecule has 5 nitrogen and oxygen atoms in total. The molecule has 5 heteroatoms.